The quantitative estimate of drug-likeness (QED) is 0.810. The van der Waals surface area contributed by atoms with Crippen LogP contribution in [0.5, 0.6) is 0 Å². The van der Waals surface area contributed by atoms with Crippen LogP contribution in [0.4, 0.5) is 0 Å². The van der Waals surface area contributed by atoms with Crippen LogP contribution in [-0.2, 0) is 9.53 Å². The van der Waals surface area contributed by atoms with Crippen molar-refractivity contribution in [1.29, 1.82) is 0 Å². The highest BCUT2D eigenvalue weighted by molar-refractivity contribution is 6.02. The van der Waals surface area contributed by atoms with Gasteiger partial charge in [0.05, 0.1) is 18.5 Å². The van der Waals surface area contributed by atoms with Crippen molar-refractivity contribution in [3.63, 3.8) is 0 Å². The van der Waals surface area contributed by atoms with E-state index in [0.717, 1.165) is 11.3 Å². The van der Waals surface area contributed by atoms with Crippen molar-refractivity contribution in [3.05, 3.63) is 60.1 Å². The molecule has 0 spiro atoms. The van der Waals surface area contributed by atoms with E-state index >= 15 is 0 Å². The van der Waals surface area contributed by atoms with Crippen molar-refractivity contribution in [1.82, 2.24) is 5.01 Å². The van der Waals surface area contributed by atoms with E-state index in [4.69, 9.17) is 9.15 Å². The van der Waals surface area contributed by atoms with Crippen molar-refractivity contribution in [2.75, 3.05) is 13.2 Å². The van der Waals surface area contributed by atoms with Crippen LogP contribution < -0.4 is 0 Å². The smallest absolute Gasteiger partial charge is 0.374 e. The molecule has 0 saturated heterocycles. The van der Waals surface area contributed by atoms with Crippen LogP contribution in [0.25, 0.3) is 0 Å². The summed E-state index contributed by atoms with van der Waals surface area (Å²) in [6.07, 6.45) is 2.05. The first kappa shape index (κ1) is 14.1. The summed E-state index contributed by atoms with van der Waals surface area (Å²) in [5.74, 6) is -0.946. The fraction of sp³-hybridized carbons (Fsp3) is 0.188. The van der Waals surface area contributed by atoms with Crippen molar-refractivity contribution in [2.24, 2.45) is 5.10 Å². The van der Waals surface area contributed by atoms with Gasteiger partial charge in [0.15, 0.2) is 6.61 Å². The normalized spacial score (nSPS) is 13.8. The maximum atomic E-state index is 12.0. The predicted molar refractivity (Wildman–Crippen MR) is 78.3 cm³/mol. The van der Waals surface area contributed by atoms with Gasteiger partial charge in [0.25, 0.3) is 5.91 Å². The van der Waals surface area contributed by atoms with Crippen LogP contribution >= 0.6 is 0 Å². The Hall–Kier alpha value is -2.89. The molecule has 1 amide bonds. The molecule has 2 heterocycles. The highest BCUT2D eigenvalue weighted by atomic mass is 16.5. The number of carbonyl (C=O) groups is 2. The van der Waals surface area contributed by atoms with Crippen LogP contribution in [0.2, 0.25) is 0 Å². The van der Waals surface area contributed by atoms with Gasteiger partial charge in [-0.05, 0) is 17.7 Å². The van der Waals surface area contributed by atoms with Gasteiger partial charge in [0.2, 0.25) is 5.76 Å². The SMILES string of the molecule is O=C(OCC(=O)N1CCC(c2ccccc2)=N1)c1ccco1. The van der Waals surface area contributed by atoms with Gasteiger partial charge >= 0.3 is 5.97 Å². The van der Waals surface area contributed by atoms with Crippen LogP contribution in [0.15, 0.2) is 58.2 Å². The number of nitrogens with zero attached hydrogens (tertiary/aromatic N) is 2. The van der Waals surface area contributed by atoms with Gasteiger partial charge in [-0.25, -0.2) is 9.80 Å². The number of esters is 1. The van der Waals surface area contributed by atoms with Crippen molar-refractivity contribution < 1.29 is 18.7 Å². The molecule has 0 fully saturated rings. The zero-order valence-electron chi connectivity index (χ0n) is 11.8. The molecule has 2 aromatic rings. The second-order valence-corrected chi connectivity index (χ2v) is 4.73. The summed E-state index contributed by atoms with van der Waals surface area (Å²) in [4.78, 5) is 23.6. The topological polar surface area (TPSA) is 72.1 Å². The van der Waals surface area contributed by atoms with Gasteiger partial charge in [-0.2, -0.15) is 5.10 Å². The number of ether oxygens (including phenoxy) is 1. The summed E-state index contributed by atoms with van der Waals surface area (Å²) in [5, 5.41) is 5.62. The first-order valence-corrected chi connectivity index (χ1v) is 6.88. The molecule has 0 unspecified atom stereocenters. The molecule has 6 heteroatoms. The van der Waals surface area contributed by atoms with Crippen molar-refractivity contribution >= 4 is 17.6 Å². The Morgan fingerprint density at radius 2 is 2.00 bits per heavy atom. The fourth-order valence-electron chi connectivity index (χ4n) is 2.14. The molecule has 1 aromatic heterocycles. The molecule has 0 radical (unpaired) electrons. The molecule has 0 atom stereocenters. The molecule has 1 aromatic carbocycles. The molecular weight excluding hydrogens is 284 g/mol. The van der Waals surface area contributed by atoms with Crippen molar-refractivity contribution in [3.8, 4) is 0 Å². The van der Waals surface area contributed by atoms with Gasteiger partial charge < -0.3 is 9.15 Å². The number of carbonyl (C=O) groups excluding carboxylic acids is 2. The Morgan fingerprint density at radius 1 is 1.18 bits per heavy atom. The first-order chi connectivity index (χ1) is 10.7. The number of amides is 1. The van der Waals surface area contributed by atoms with Crippen LogP contribution in [0, 0.1) is 0 Å². The van der Waals surface area contributed by atoms with E-state index in [9.17, 15) is 9.59 Å². The lowest BCUT2D eigenvalue weighted by Gasteiger charge is -2.10. The number of rotatable bonds is 4. The summed E-state index contributed by atoms with van der Waals surface area (Å²) in [6.45, 7) is 0.131. The molecule has 1 aliphatic rings. The minimum absolute atomic E-state index is 0.0719. The third-order valence-electron chi connectivity index (χ3n) is 3.25. The summed E-state index contributed by atoms with van der Waals surface area (Å²) in [6, 6.07) is 12.7. The van der Waals surface area contributed by atoms with Crippen LogP contribution in [0.1, 0.15) is 22.5 Å². The monoisotopic (exact) mass is 298 g/mol. The molecule has 22 heavy (non-hydrogen) atoms. The van der Waals surface area contributed by atoms with Crippen LogP contribution in [-0.4, -0.2) is 35.7 Å². The largest absolute Gasteiger partial charge is 0.457 e. The average molecular weight is 298 g/mol. The number of hydrogen-bond acceptors (Lipinski definition) is 5. The lowest BCUT2D eigenvalue weighted by atomic mass is 10.1. The van der Waals surface area contributed by atoms with E-state index in [0.29, 0.717) is 13.0 Å². The van der Waals surface area contributed by atoms with Crippen LogP contribution in [0.3, 0.4) is 0 Å². The van der Waals surface area contributed by atoms with E-state index in [2.05, 4.69) is 5.10 Å². The first-order valence-electron chi connectivity index (χ1n) is 6.88. The second kappa shape index (κ2) is 6.26. The van der Waals surface area contributed by atoms with E-state index in [1.807, 2.05) is 30.3 Å². The maximum Gasteiger partial charge on any atom is 0.374 e. The number of hydrogen-bond donors (Lipinski definition) is 0. The lowest BCUT2D eigenvalue weighted by molar-refractivity contribution is -0.134. The predicted octanol–water partition coefficient (Wildman–Crippen LogP) is 2.07. The molecule has 3 rings (SSSR count). The Morgan fingerprint density at radius 3 is 2.73 bits per heavy atom. The lowest BCUT2D eigenvalue weighted by Crippen LogP contribution is -2.28. The number of furan rings is 1. The average Bonchev–Trinajstić information content (AvgIpc) is 3.24. The molecule has 6 nitrogen and oxygen atoms in total. The number of hydrazone groups is 1. The summed E-state index contributed by atoms with van der Waals surface area (Å²) in [5.41, 5.74) is 1.84. The molecule has 0 saturated carbocycles. The van der Waals surface area contributed by atoms with Gasteiger partial charge in [0, 0.05) is 6.42 Å². The third kappa shape index (κ3) is 3.06. The molecule has 0 aliphatic carbocycles. The van der Waals surface area contributed by atoms with Gasteiger partial charge in [0.1, 0.15) is 0 Å². The Kier molecular flexibility index (Phi) is 4.00. The fourth-order valence-corrected chi connectivity index (χ4v) is 2.14. The Balaban J connectivity index is 1.57. The summed E-state index contributed by atoms with van der Waals surface area (Å²) < 4.78 is 9.81. The van der Waals surface area contributed by atoms with Gasteiger partial charge in [-0.3, -0.25) is 4.79 Å². The minimum Gasteiger partial charge on any atom is -0.457 e. The second-order valence-electron chi connectivity index (χ2n) is 4.73. The van der Waals surface area contributed by atoms with Gasteiger partial charge in [-0.1, -0.05) is 30.3 Å². The van der Waals surface area contributed by atoms with E-state index in [-0.39, 0.29) is 18.3 Å². The van der Waals surface area contributed by atoms with Crippen molar-refractivity contribution in [2.45, 2.75) is 6.42 Å². The highest BCUT2D eigenvalue weighted by Crippen LogP contribution is 2.14. The highest BCUT2D eigenvalue weighted by Gasteiger charge is 2.23. The molecule has 0 bridgehead atoms. The van der Waals surface area contributed by atoms with E-state index in [1.165, 1.54) is 17.3 Å². The zero-order valence-corrected chi connectivity index (χ0v) is 11.8. The maximum absolute atomic E-state index is 12.0. The third-order valence-corrected chi connectivity index (χ3v) is 3.25. The minimum atomic E-state index is -0.662. The molecule has 112 valence electrons. The number of benzene rings is 1. The molecule has 1 aliphatic heterocycles. The molecular formula is C16H14N2O4. The Bertz CT molecular complexity index is 692. The van der Waals surface area contributed by atoms with E-state index < -0.39 is 5.97 Å². The Labute approximate surface area is 127 Å². The van der Waals surface area contributed by atoms with Gasteiger partial charge in [-0.15, -0.1) is 0 Å². The summed E-state index contributed by atoms with van der Waals surface area (Å²) >= 11 is 0. The standard InChI is InChI=1S/C16H14N2O4/c19-15(11-22-16(20)14-7-4-10-21-14)18-9-8-13(17-18)12-5-2-1-3-6-12/h1-7,10H,8-9,11H2. The molecule has 0 N–H and O–H groups in total. The van der Waals surface area contributed by atoms with E-state index in [1.54, 1.807) is 6.07 Å². The summed E-state index contributed by atoms with van der Waals surface area (Å²) in [7, 11) is 0. The zero-order chi connectivity index (χ0) is 15.4.